The van der Waals surface area contributed by atoms with Crippen molar-refractivity contribution in [2.75, 3.05) is 11.9 Å². The second kappa shape index (κ2) is 7.19. The predicted octanol–water partition coefficient (Wildman–Crippen LogP) is 2.91. The number of hydrogen-bond donors (Lipinski definition) is 2. The van der Waals surface area contributed by atoms with E-state index in [4.69, 9.17) is 5.73 Å². The summed E-state index contributed by atoms with van der Waals surface area (Å²) in [6, 6.07) is 2.93. The van der Waals surface area contributed by atoms with Crippen LogP contribution in [0.1, 0.15) is 26.7 Å². The summed E-state index contributed by atoms with van der Waals surface area (Å²) in [4.78, 5) is 11.8. The number of rotatable bonds is 6. The van der Waals surface area contributed by atoms with E-state index < -0.39 is 11.6 Å². The fourth-order valence-corrected chi connectivity index (χ4v) is 2.03. The van der Waals surface area contributed by atoms with E-state index in [0.717, 1.165) is 24.6 Å². The molecule has 0 spiro atoms. The third kappa shape index (κ3) is 5.79. The van der Waals surface area contributed by atoms with Gasteiger partial charge in [0, 0.05) is 18.2 Å². The summed E-state index contributed by atoms with van der Waals surface area (Å²) in [6.45, 7) is 4.54. The van der Waals surface area contributed by atoms with Crippen molar-refractivity contribution in [1.29, 1.82) is 0 Å². The quantitative estimate of drug-likeness (QED) is 0.835. The number of halogens is 2. The van der Waals surface area contributed by atoms with Gasteiger partial charge < -0.3 is 11.1 Å². The summed E-state index contributed by atoms with van der Waals surface area (Å²) in [5.41, 5.74) is 5.74. The molecule has 0 aliphatic carbocycles. The molecule has 0 unspecified atom stereocenters. The van der Waals surface area contributed by atoms with Gasteiger partial charge in [-0.15, -0.1) is 0 Å². The third-order valence-electron chi connectivity index (χ3n) is 2.76. The van der Waals surface area contributed by atoms with Crippen molar-refractivity contribution in [3.63, 3.8) is 0 Å². The highest BCUT2D eigenvalue weighted by molar-refractivity contribution is 5.90. The molecule has 0 radical (unpaired) electrons. The van der Waals surface area contributed by atoms with Crippen LogP contribution in [0.3, 0.4) is 0 Å². The Morgan fingerprint density at radius 1 is 1.26 bits per heavy atom. The van der Waals surface area contributed by atoms with Crippen LogP contribution in [0.5, 0.6) is 0 Å². The van der Waals surface area contributed by atoms with Gasteiger partial charge in [-0.25, -0.2) is 8.78 Å². The lowest BCUT2D eigenvalue weighted by Crippen LogP contribution is -2.23. The summed E-state index contributed by atoms with van der Waals surface area (Å²) < 4.78 is 25.9. The number of carbonyl (C=O) groups excluding carboxylic acids is 1. The number of nitrogens with one attached hydrogen (secondary N) is 1. The van der Waals surface area contributed by atoms with Crippen LogP contribution in [0.25, 0.3) is 0 Å². The van der Waals surface area contributed by atoms with E-state index in [-0.39, 0.29) is 23.9 Å². The molecule has 0 aromatic heterocycles. The zero-order chi connectivity index (χ0) is 14.4. The largest absolute Gasteiger partial charge is 0.330 e. The maximum atomic E-state index is 13.0. The molecule has 0 fully saturated rings. The zero-order valence-electron chi connectivity index (χ0n) is 11.2. The normalized spacial score (nSPS) is 12.5. The highest BCUT2D eigenvalue weighted by atomic mass is 19.1. The van der Waals surface area contributed by atoms with Gasteiger partial charge in [0.25, 0.3) is 0 Å². The van der Waals surface area contributed by atoms with Gasteiger partial charge in [-0.05, 0) is 36.9 Å². The molecule has 1 aromatic carbocycles. The molecule has 0 heterocycles. The van der Waals surface area contributed by atoms with Crippen molar-refractivity contribution >= 4 is 11.6 Å². The molecule has 1 atom stereocenters. The predicted molar refractivity (Wildman–Crippen MR) is 71.6 cm³/mol. The second-order valence-electron chi connectivity index (χ2n) is 5.14. The second-order valence-corrected chi connectivity index (χ2v) is 5.14. The molecule has 3 nitrogen and oxygen atoms in total. The fraction of sp³-hybridized carbons (Fsp3) is 0.500. The third-order valence-corrected chi connectivity index (χ3v) is 2.76. The molecule has 0 saturated heterocycles. The molecule has 0 aliphatic heterocycles. The summed E-state index contributed by atoms with van der Waals surface area (Å²) in [5.74, 6) is -1.17. The molecule has 1 rings (SSSR count). The maximum absolute atomic E-state index is 13.0. The van der Waals surface area contributed by atoms with E-state index in [1.165, 1.54) is 0 Å². The number of nitrogens with two attached hydrogens (primary N) is 1. The smallest absolute Gasteiger partial charge is 0.224 e. The van der Waals surface area contributed by atoms with Crippen LogP contribution in [0, 0.1) is 23.5 Å². The van der Waals surface area contributed by atoms with Gasteiger partial charge in [0.15, 0.2) is 0 Å². The van der Waals surface area contributed by atoms with E-state index in [9.17, 15) is 13.6 Å². The molecule has 3 N–H and O–H groups in total. The first-order valence-electron chi connectivity index (χ1n) is 6.36. The minimum atomic E-state index is -0.715. The van der Waals surface area contributed by atoms with E-state index in [1.54, 1.807) is 0 Å². The molecule has 1 amide bonds. The molecular formula is C14H20F2N2O. The summed E-state index contributed by atoms with van der Waals surface area (Å²) in [6.07, 6.45) is 1.11. The Hall–Kier alpha value is -1.49. The van der Waals surface area contributed by atoms with Crippen molar-refractivity contribution in [3.05, 3.63) is 29.8 Å². The van der Waals surface area contributed by atoms with Gasteiger partial charge in [-0.1, -0.05) is 13.8 Å². The molecule has 0 saturated carbocycles. The van der Waals surface area contributed by atoms with Gasteiger partial charge in [-0.2, -0.15) is 0 Å². The van der Waals surface area contributed by atoms with Gasteiger partial charge in [0.1, 0.15) is 11.6 Å². The molecule has 19 heavy (non-hydrogen) atoms. The van der Waals surface area contributed by atoms with Crippen LogP contribution in [0.4, 0.5) is 14.5 Å². The van der Waals surface area contributed by atoms with Crippen LogP contribution < -0.4 is 11.1 Å². The van der Waals surface area contributed by atoms with Gasteiger partial charge in [-0.3, -0.25) is 4.79 Å². The Morgan fingerprint density at radius 2 is 1.84 bits per heavy atom. The number of carbonyl (C=O) groups is 1. The van der Waals surface area contributed by atoms with Crippen molar-refractivity contribution in [2.24, 2.45) is 17.6 Å². The Morgan fingerprint density at radius 3 is 2.32 bits per heavy atom. The summed E-state index contributed by atoms with van der Waals surface area (Å²) in [7, 11) is 0. The topological polar surface area (TPSA) is 55.1 Å². The Balaban J connectivity index is 2.58. The first-order chi connectivity index (χ1) is 8.90. The van der Waals surface area contributed by atoms with Crippen molar-refractivity contribution in [2.45, 2.75) is 26.7 Å². The Bertz CT molecular complexity index is 415. The fourth-order valence-electron chi connectivity index (χ4n) is 2.03. The van der Waals surface area contributed by atoms with Crippen molar-refractivity contribution < 1.29 is 13.6 Å². The lowest BCUT2D eigenvalue weighted by Gasteiger charge is -2.16. The monoisotopic (exact) mass is 270 g/mol. The van der Waals surface area contributed by atoms with E-state index in [1.807, 2.05) is 0 Å². The van der Waals surface area contributed by atoms with Gasteiger partial charge in [0.2, 0.25) is 5.91 Å². The summed E-state index contributed by atoms with van der Waals surface area (Å²) >= 11 is 0. The van der Waals surface area contributed by atoms with E-state index in [0.29, 0.717) is 12.5 Å². The molecule has 1 aromatic rings. The first-order valence-corrected chi connectivity index (χ1v) is 6.36. The molecule has 5 heteroatoms. The van der Waals surface area contributed by atoms with Crippen molar-refractivity contribution in [3.8, 4) is 0 Å². The standard InChI is InChI=1S/C14H20F2N2O/c1-9(2)3-10(8-17)4-14(19)18-13-6-11(15)5-12(16)7-13/h5-7,9-10H,3-4,8,17H2,1-2H3,(H,18,19)/t10-/m0/s1. The average Bonchev–Trinajstić information content (AvgIpc) is 2.25. The van der Waals surface area contributed by atoms with Gasteiger partial charge in [0.05, 0.1) is 0 Å². The average molecular weight is 270 g/mol. The van der Waals surface area contributed by atoms with Crippen molar-refractivity contribution in [1.82, 2.24) is 0 Å². The van der Waals surface area contributed by atoms with Gasteiger partial charge >= 0.3 is 0 Å². The Kier molecular flexibility index (Phi) is 5.89. The maximum Gasteiger partial charge on any atom is 0.224 e. The lowest BCUT2D eigenvalue weighted by atomic mass is 9.94. The molecule has 0 bridgehead atoms. The minimum absolute atomic E-state index is 0.0819. The zero-order valence-corrected chi connectivity index (χ0v) is 11.2. The van der Waals surface area contributed by atoms with Crippen LogP contribution in [-0.2, 0) is 4.79 Å². The molecular weight excluding hydrogens is 250 g/mol. The number of hydrogen-bond acceptors (Lipinski definition) is 2. The molecule has 106 valence electrons. The van der Waals surface area contributed by atoms with E-state index >= 15 is 0 Å². The van der Waals surface area contributed by atoms with Crippen LogP contribution in [0.2, 0.25) is 0 Å². The highest BCUT2D eigenvalue weighted by Crippen LogP contribution is 2.17. The SMILES string of the molecule is CC(C)C[C@H](CN)CC(=O)Nc1cc(F)cc(F)c1. The number of amides is 1. The van der Waals surface area contributed by atoms with Crippen LogP contribution in [-0.4, -0.2) is 12.5 Å². The Labute approximate surface area is 112 Å². The van der Waals surface area contributed by atoms with Crippen LogP contribution in [0.15, 0.2) is 18.2 Å². The number of anilines is 1. The van der Waals surface area contributed by atoms with Crippen LogP contribution >= 0.6 is 0 Å². The minimum Gasteiger partial charge on any atom is -0.330 e. The van der Waals surface area contributed by atoms with E-state index in [2.05, 4.69) is 19.2 Å². The summed E-state index contributed by atoms with van der Waals surface area (Å²) in [5, 5.41) is 2.49. The first kappa shape index (κ1) is 15.6. The number of benzene rings is 1. The highest BCUT2D eigenvalue weighted by Gasteiger charge is 2.14. The lowest BCUT2D eigenvalue weighted by molar-refractivity contribution is -0.117. The molecule has 0 aliphatic rings.